The molecule has 0 amide bonds. The van der Waals surface area contributed by atoms with Crippen LogP contribution in [-0.2, 0) is 23.8 Å². The molecule has 1 aromatic rings. The van der Waals surface area contributed by atoms with Gasteiger partial charge in [-0.15, -0.1) is 0 Å². The van der Waals surface area contributed by atoms with E-state index in [1.807, 2.05) is 6.07 Å². The summed E-state index contributed by atoms with van der Waals surface area (Å²) >= 11 is 0. The van der Waals surface area contributed by atoms with Crippen LogP contribution in [0.15, 0.2) is 30.3 Å². The molecule has 120 valence electrons. The van der Waals surface area contributed by atoms with Gasteiger partial charge >= 0.3 is 0 Å². The van der Waals surface area contributed by atoms with Crippen LogP contribution >= 0.6 is 0 Å². The second kappa shape index (κ2) is 9.86. The molecule has 0 aliphatic rings. The number of rotatable bonds is 11. The number of hydrogen-bond donors (Lipinski definition) is 1. The highest BCUT2D eigenvalue weighted by molar-refractivity contribution is 7.87. The number of hydrogen-bond acceptors (Lipinski definition) is 6. The summed E-state index contributed by atoms with van der Waals surface area (Å²) < 4.78 is 39.0. The first-order chi connectivity index (χ1) is 10.1. The molecule has 6 nitrogen and oxygen atoms in total. The van der Waals surface area contributed by atoms with E-state index >= 15 is 0 Å². The van der Waals surface area contributed by atoms with E-state index in [1.54, 1.807) is 31.2 Å². The lowest BCUT2D eigenvalue weighted by Gasteiger charge is -2.13. The summed E-state index contributed by atoms with van der Waals surface area (Å²) in [6.07, 6.45) is 0. The Balaban J connectivity index is 2.24. The SMILES string of the molecule is CC(c1ccccc1)S(=O)(=O)OCCOCCOCCO. The molecule has 0 aromatic heterocycles. The standard InChI is InChI=1S/C14H22O6S/c1-13(14-5-3-2-4-6-14)21(16,17)20-12-11-19-10-9-18-8-7-15/h2-6,13,15H,7-12H2,1H3. The molecule has 7 heteroatoms. The Bertz CT molecular complexity index is 473. The second-order valence-electron chi connectivity index (χ2n) is 4.32. The molecule has 1 atom stereocenters. The fraction of sp³-hybridized carbons (Fsp3) is 0.571. The fourth-order valence-corrected chi connectivity index (χ4v) is 2.58. The Morgan fingerprint density at radius 2 is 1.57 bits per heavy atom. The molecule has 0 aliphatic carbocycles. The fourth-order valence-electron chi connectivity index (χ4n) is 1.59. The molecule has 0 spiro atoms. The zero-order valence-corrected chi connectivity index (χ0v) is 12.9. The molecule has 1 N–H and O–H groups in total. The van der Waals surface area contributed by atoms with E-state index in [0.29, 0.717) is 18.8 Å². The maximum absolute atomic E-state index is 12.0. The summed E-state index contributed by atoms with van der Waals surface area (Å²) in [5.74, 6) is 0. The van der Waals surface area contributed by atoms with Gasteiger partial charge in [0.25, 0.3) is 10.1 Å². The summed E-state index contributed by atoms with van der Waals surface area (Å²) in [6.45, 7) is 2.66. The highest BCUT2D eigenvalue weighted by atomic mass is 32.2. The third-order valence-electron chi connectivity index (χ3n) is 2.78. The van der Waals surface area contributed by atoms with Gasteiger partial charge in [0, 0.05) is 0 Å². The van der Waals surface area contributed by atoms with Crippen molar-refractivity contribution in [2.24, 2.45) is 0 Å². The number of ether oxygens (including phenoxy) is 2. The van der Waals surface area contributed by atoms with Crippen LogP contribution < -0.4 is 0 Å². The zero-order valence-electron chi connectivity index (χ0n) is 12.1. The van der Waals surface area contributed by atoms with Crippen molar-refractivity contribution in [3.63, 3.8) is 0 Å². The second-order valence-corrected chi connectivity index (χ2v) is 6.24. The van der Waals surface area contributed by atoms with Crippen LogP contribution in [-0.4, -0.2) is 53.2 Å². The molecule has 0 aliphatic heterocycles. The Kier molecular flexibility index (Phi) is 8.48. The summed E-state index contributed by atoms with van der Waals surface area (Å²) in [5.41, 5.74) is 0.691. The van der Waals surface area contributed by atoms with E-state index in [4.69, 9.17) is 18.8 Å². The molecule has 0 heterocycles. The van der Waals surface area contributed by atoms with Crippen molar-refractivity contribution in [2.45, 2.75) is 12.2 Å². The molecule has 0 radical (unpaired) electrons. The molecule has 1 unspecified atom stereocenters. The lowest BCUT2D eigenvalue weighted by atomic mass is 10.2. The number of benzene rings is 1. The minimum absolute atomic E-state index is 0.0283. The van der Waals surface area contributed by atoms with Gasteiger partial charge in [-0.1, -0.05) is 30.3 Å². The van der Waals surface area contributed by atoms with Crippen molar-refractivity contribution in [2.75, 3.05) is 39.6 Å². The summed E-state index contributed by atoms with van der Waals surface area (Å²) in [4.78, 5) is 0. The zero-order chi connectivity index (χ0) is 15.6. The predicted octanol–water partition coefficient (Wildman–Crippen LogP) is 1.12. The predicted molar refractivity (Wildman–Crippen MR) is 78.5 cm³/mol. The van der Waals surface area contributed by atoms with E-state index in [-0.39, 0.29) is 26.4 Å². The first-order valence-corrected chi connectivity index (χ1v) is 8.24. The van der Waals surface area contributed by atoms with Crippen molar-refractivity contribution in [3.8, 4) is 0 Å². The van der Waals surface area contributed by atoms with Gasteiger partial charge in [-0.25, -0.2) is 0 Å². The van der Waals surface area contributed by atoms with E-state index < -0.39 is 15.4 Å². The Labute approximate surface area is 125 Å². The van der Waals surface area contributed by atoms with Gasteiger partial charge in [0.2, 0.25) is 0 Å². The van der Waals surface area contributed by atoms with Gasteiger partial charge in [-0.2, -0.15) is 8.42 Å². The van der Waals surface area contributed by atoms with Crippen molar-refractivity contribution < 1.29 is 27.2 Å². The molecule has 1 aromatic carbocycles. The maximum Gasteiger partial charge on any atom is 0.274 e. The quantitative estimate of drug-likeness (QED) is 0.486. The molecule has 0 bridgehead atoms. The van der Waals surface area contributed by atoms with E-state index in [1.165, 1.54) is 0 Å². The Morgan fingerprint density at radius 1 is 1.00 bits per heavy atom. The smallest absolute Gasteiger partial charge is 0.274 e. The molecule has 0 saturated carbocycles. The van der Waals surface area contributed by atoms with E-state index in [2.05, 4.69) is 0 Å². The van der Waals surface area contributed by atoms with Crippen LogP contribution in [0.3, 0.4) is 0 Å². The first kappa shape index (κ1) is 18.1. The van der Waals surface area contributed by atoms with Gasteiger partial charge in [0.1, 0.15) is 5.25 Å². The third kappa shape index (κ3) is 7.01. The van der Waals surface area contributed by atoms with Crippen molar-refractivity contribution in [1.82, 2.24) is 0 Å². The van der Waals surface area contributed by atoms with Gasteiger partial charge in [-0.3, -0.25) is 4.18 Å². The maximum atomic E-state index is 12.0. The van der Waals surface area contributed by atoms with Crippen LogP contribution in [0.2, 0.25) is 0 Å². The highest BCUT2D eigenvalue weighted by Gasteiger charge is 2.23. The van der Waals surface area contributed by atoms with Crippen LogP contribution in [0.1, 0.15) is 17.7 Å². The van der Waals surface area contributed by atoms with Gasteiger partial charge < -0.3 is 14.6 Å². The molecular formula is C14H22O6S. The van der Waals surface area contributed by atoms with Crippen LogP contribution in [0, 0.1) is 0 Å². The van der Waals surface area contributed by atoms with Crippen LogP contribution in [0.4, 0.5) is 0 Å². The molecular weight excluding hydrogens is 296 g/mol. The summed E-state index contributed by atoms with van der Waals surface area (Å²) in [6, 6.07) is 8.91. The number of aliphatic hydroxyl groups is 1. The average Bonchev–Trinajstić information content (AvgIpc) is 2.50. The minimum Gasteiger partial charge on any atom is -0.394 e. The third-order valence-corrected chi connectivity index (χ3v) is 4.42. The van der Waals surface area contributed by atoms with Crippen molar-refractivity contribution in [3.05, 3.63) is 35.9 Å². The number of aliphatic hydroxyl groups excluding tert-OH is 1. The summed E-state index contributed by atoms with van der Waals surface area (Å²) in [7, 11) is -3.66. The highest BCUT2D eigenvalue weighted by Crippen LogP contribution is 2.22. The monoisotopic (exact) mass is 318 g/mol. The van der Waals surface area contributed by atoms with E-state index in [0.717, 1.165) is 0 Å². The largest absolute Gasteiger partial charge is 0.394 e. The normalized spacial score (nSPS) is 13.2. The van der Waals surface area contributed by atoms with Gasteiger partial charge in [0.05, 0.1) is 39.6 Å². The van der Waals surface area contributed by atoms with Crippen molar-refractivity contribution >= 4 is 10.1 Å². The molecule has 0 saturated heterocycles. The van der Waals surface area contributed by atoms with E-state index in [9.17, 15) is 8.42 Å². The summed E-state index contributed by atoms with van der Waals surface area (Å²) in [5, 5.41) is 7.77. The van der Waals surface area contributed by atoms with Gasteiger partial charge in [-0.05, 0) is 12.5 Å². The Morgan fingerprint density at radius 3 is 2.19 bits per heavy atom. The Hall–Kier alpha value is -0.990. The van der Waals surface area contributed by atoms with Crippen LogP contribution in [0.25, 0.3) is 0 Å². The van der Waals surface area contributed by atoms with Crippen LogP contribution in [0.5, 0.6) is 0 Å². The van der Waals surface area contributed by atoms with Crippen molar-refractivity contribution in [1.29, 1.82) is 0 Å². The first-order valence-electron chi connectivity index (χ1n) is 6.77. The molecule has 0 fully saturated rings. The molecule has 1 rings (SSSR count). The minimum atomic E-state index is -3.66. The average molecular weight is 318 g/mol. The molecule has 21 heavy (non-hydrogen) atoms. The lowest BCUT2D eigenvalue weighted by Crippen LogP contribution is -2.17. The topological polar surface area (TPSA) is 82.1 Å². The lowest BCUT2D eigenvalue weighted by molar-refractivity contribution is 0.0251. The van der Waals surface area contributed by atoms with Gasteiger partial charge in [0.15, 0.2) is 0 Å².